The van der Waals surface area contributed by atoms with Crippen molar-refractivity contribution in [1.29, 1.82) is 0 Å². The van der Waals surface area contributed by atoms with Gasteiger partial charge in [0.2, 0.25) is 6.10 Å². The molecule has 2 aromatic carbocycles. The van der Waals surface area contributed by atoms with Crippen LogP contribution in [0.2, 0.25) is 0 Å². The largest absolute Gasteiger partial charge is 0.499 e. The molecule has 1 fully saturated rings. The lowest BCUT2D eigenvalue weighted by Crippen LogP contribution is -2.60. The highest BCUT2D eigenvalue weighted by atomic mass is 19.3. The van der Waals surface area contributed by atoms with E-state index in [9.17, 15) is 14.4 Å². The summed E-state index contributed by atoms with van der Waals surface area (Å²) < 4.78 is 47.2. The highest BCUT2D eigenvalue weighted by Gasteiger charge is 2.65. The van der Waals surface area contributed by atoms with Gasteiger partial charge in [0.05, 0.1) is 11.1 Å². The number of nitrogen functional groups attached to an aromatic ring is 1. The molecule has 3 N–H and O–H groups in total. The number of anilines is 1. The maximum atomic E-state index is 15.5. The van der Waals surface area contributed by atoms with Gasteiger partial charge in [-0.25, -0.2) is 9.59 Å². The molecule has 1 aliphatic rings. The Balaban J connectivity index is 1.61. The van der Waals surface area contributed by atoms with Crippen LogP contribution < -0.4 is 16.0 Å². The van der Waals surface area contributed by atoms with Gasteiger partial charge < -0.3 is 19.9 Å². The van der Waals surface area contributed by atoms with Gasteiger partial charge in [-0.2, -0.15) is 23.1 Å². The second-order valence-corrected chi connectivity index (χ2v) is 7.47. The molecule has 4 rings (SSSR count). The summed E-state index contributed by atoms with van der Waals surface area (Å²) in [6, 6.07) is 16.7. The summed E-state index contributed by atoms with van der Waals surface area (Å²) in [6.07, 6.45) is -4.84. The third kappa shape index (κ3) is 4.64. The van der Waals surface area contributed by atoms with Crippen LogP contribution in [0.4, 0.5) is 14.6 Å². The summed E-state index contributed by atoms with van der Waals surface area (Å²) in [5, 5.41) is 0. The summed E-state index contributed by atoms with van der Waals surface area (Å²) >= 11 is 0. The number of nitrogens with one attached hydrogen (secondary N) is 1. The number of carbonyl (C=O) groups excluding carboxylic acids is 2. The average Bonchev–Trinajstić information content (AvgIpc) is 3.08. The maximum Gasteiger partial charge on any atom is 0.499 e. The van der Waals surface area contributed by atoms with Gasteiger partial charge in [-0.05, 0) is 24.3 Å². The van der Waals surface area contributed by atoms with E-state index in [0.29, 0.717) is 4.57 Å². The number of ether oxygens (including phenoxy) is 3. The van der Waals surface area contributed by atoms with Crippen molar-refractivity contribution >= 4 is 17.8 Å². The molecule has 1 saturated heterocycles. The maximum absolute atomic E-state index is 15.5. The van der Waals surface area contributed by atoms with Crippen LogP contribution in [0.15, 0.2) is 77.7 Å². The van der Waals surface area contributed by atoms with E-state index in [1.807, 2.05) is 0 Å². The molecule has 0 bridgehead atoms. The van der Waals surface area contributed by atoms with Crippen LogP contribution in [0.5, 0.6) is 0 Å². The first kappa shape index (κ1) is 23.1. The number of H-pyrrole nitrogens is 1. The van der Waals surface area contributed by atoms with Crippen LogP contribution in [-0.2, 0) is 14.2 Å². The van der Waals surface area contributed by atoms with E-state index in [-0.39, 0.29) is 16.9 Å². The van der Waals surface area contributed by atoms with Gasteiger partial charge in [0, 0.05) is 6.07 Å². The van der Waals surface area contributed by atoms with E-state index < -0.39 is 48.6 Å². The van der Waals surface area contributed by atoms with E-state index in [0.717, 1.165) is 6.20 Å². The van der Waals surface area contributed by atoms with Crippen molar-refractivity contribution in [2.75, 3.05) is 12.3 Å². The van der Waals surface area contributed by atoms with Gasteiger partial charge in [0.25, 0.3) is 6.23 Å². The number of alkyl halides is 2. The Bertz CT molecular complexity index is 1240. The molecule has 1 aliphatic heterocycles. The van der Waals surface area contributed by atoms with E-state index >= 15 is 8.78 Å². The van der Waals surface area contributed by atoms with E-state index in [4.69, 9.17) is 19.9 Å². The highest BCUT2D eigenvalue weighted by molar-refractivity contribution is 5.90. The summed E-state index contributed by atoms with van der Waals surface area (Å²) in [5.41, 5.74) is 4.77. The fourth-order valence-electron chi connectivity index (χ4n) is 3.46. The lowest BCUT2D eigenvalue weighted by Gasteiger charge is -2.22. The first-order valence-corrected chi connectivity index (χ1v) is 10.2. The smallest absolute Gasteiger partial charge is 0.459 e. The minimum atomic E-state index is -3.86. The zero-order valence-corrected chi connectivity index (χ0v) is 17.6. The average molecular weight is 472 g/mol. The predicted octanol–water partition coefficient (Wildman–Crippen LogP) is 1.86. The van der Waals surface area contributed by atoms with Crippen molar-refractivity contribution in [3.63, 3.8) is 0 Å². The predicted molar refractivity (Wildman–Crippen MR) is 113 cm³/mol. The van der Waals surface area contributed by atoms with E-state index in [2.05, 4.69) is 4.98 Å². The first-order valence-electron chi connectivity index (χ1n) is 10.2. The van der Waals surface area contributed by atoms with E-state index in [1.165, 1.54) is 30.3 Å². The summed E-state index contributed by atoms with van der Waals surface area (Å²) in [6.45, 7) is -0.653. The van der Waals surface area contributed by atoms with Gasteiger partial charge in [-0.1, -0.05) is 36.4 Å². The minimum absolute atomic E-state index is 0.0389. The monoisotopic (exact) mass is 472 g/mol. The fraction of sp³-hybridized carbons (Fsp3) is 0.217. The Morgan fingerprint density at radius 3 is 2.18 bits per heavy atom. The molecule has 1 aromatic heterocycles. The van der Waals surface area contributed by atoms with Gasteiger partial charge in [-0.3, -0.25) is 0 Å². The Labute approximate surface area is 191 Å². The number of aromatic nitrogens is 2. The number of nitrogens with zero attached hydrogens (tertiary/aromatic N) is 1. The zero-order chi connectivity index (χ0) is 24.3. The van der Waals surface area contributed by atoms with Gasteiger partial charge >= 0.3 is 23.6 Å². The summed E-state index contributed by atoms with van der Waals surface area (Å²) in [4.78, 5) is 39.3. The topological polar surface area (TPSA) is 125 Å². The molecule has 0 aliphatic carbocycles. The third-order valence-electron chi connectivity index (χ3n) is 5.13. The summed E-state index contributed by atoms with van der Waals surface area (Å²) in [7, 11) is 0. The molecule has 34 heavy (non-hydrogen) atoms. The SMILES string of the molecule is Nc1cc[n+](C2O[C@H](COC(=O)c3ccccc3)[C@H](OC(=O)c3ccccc3)C2(F)F)c(=O)[nH]1. The molecule has 0 amide bonds. The van der Waals surface area contributed by atoms with Crippen LogP contribution in [0.25, 0.3) is 0 Å². The first-order chi connectivity index (χ1) is 16.3. The number of hydrogen-bond acceptors (Lipinski definition) is 7. The van der Waals surface area contributed by atoms with Crippen LogP contribution in [-0.4, -0.2) is 41.7 Å². The normalized spacial score (nSPS) is 21.1. The van der Waals surface area contributed by atoms with Crippen molar-refractivity contribution in [2.45, 2.75) is 24.4 Å². The Morgan fingerprint density at radius 2 is 1.59 bits per heavy atom. The number of hydrogen-bond donors (Lipinski definition) is 2. The Kier molecular flexibility index (Phi) is 6.37. The third-order valence-corrected chi connectivity index (χ3v) is 5.13. The number of halogens is 2. The van der Waals surface area contributed by atoms with Crippen molar-refractivity contribution in [2.24, 2.45) is 0 Å². The molecule has 0 saturated carbocycles. The van der Waals surface area contributed by atoms with Crippen molar-refractivity contribution in [1.82, 2.24) is 4.98 Å². The lowest BCUT2D eigenvalue weighted by molar-refractivity contribution is -0.789. The van der Waals surface area contributed by atoms with E-state index in [1.54, 1.807) is 36.4 Å². The van der Waals surface area contributed by atoms with Gasteiger partial charge in [-0.15, -0.1) is 0 Å². The summed E-state index contributed by atoms with van der Waals surface area (Å²) in [5.74, 6) is -5.70. The quantitative estimate of drug-likeness (QED) is 0.415. The standard InChI is InChI=1S/C23H19F2N3O6/c24-23(25)18(34-20(30)15-9-5-2-6-10-15)16(13-32-19(29)14-7-3-1-4-8-14)33-21(23)28-12-11-17(26)27-22(28)31/h1-12,16,18,21H,13H2,(H2,26,27,31)/p+1/t16-,18+,21?/m1/s1. The molecule has 2 heterocycles. The highest BCUT2D eigenvalue weighted by Crippen LogP contribution is 2.42. The Hall–Kier alpha value is -4.12. The molecule has 176 valence electrons. The zero-order valence-electron chi connectivity index (χ0n) is 17.6. The minimum Gasteiger partial charge on any atom is -0.459 e. The molecular weight excluding hydrogens is 452 g/mol. The van der Waals surface area contributed by atoms with Crippen LogP contribution in [0, 0.1) is 0 Å². The number of aromatic amines is 1. The van der Waals surface area contributed by atoms with Crippen molar-refractivity contribution < 1.29 is 37.1 Å². The van der Waals surface area contributed by atoms with Crippen LogP contribution in [0.3, 0.4) is 0 Å². The molecule has 0 radical (unpaired) electrons. The lowest BCUT2D eigenvalue weighted by atomic mass is 10.1. The van der Waals surface area contributed by atoms with Crippen molar-refractivity contribution in [3.05, 3.63) is 94.5 Å². The van der Waals surface area contributed by atoms with Gasteiger partial charge in [0.15, 0.2) is 5.82 Å². The number of esters is 2. The Morgan fingerprint density at radius 1 is 1.00 bits per heavy atom. The van der Waals surface area contributed by atoms with Crippen LogP contribution >= 0.6 is 0 Å². The number of benzene rings is 2. The molecule has 3 atom stereocenters. The molecule has 0 spiro atoms. The number of carbonyl (C=O) groups is 2. The van der Waals surface area contributed by atoms with Crippen molar-refractivity contribution in [3.8, 4) is 0 Å². The molecule has 9 nitrogen and oxygen atoms in total. The van der Waals surface area contributed by atoms with Crippen LogP contribution in [0.1, 0.15) is 26.9 Å². The number of rotatable bonds is 6. The molecule has 11 heteroatoms. The molecule has 3 aromatic rings. The fourth-order valence-corrected chi connectivity index (χ4v) is 3.46. The molecule has 1 unspecified atom stereocenters. The second kappa shape index (κ2) is 9.40. The molecular formula is C23H20F2N3O6+. The number of nitrogens with two attached hydrogens (primary N) is 1. The second-order valence-electron chi connectivity index (χ2n) is 7.47. The van der Waals surface area contributed by atoms with Gasteiger partial charge in [0.1, 0.15) is 18.9 Å².